The van der Waals surface area contributed by atoms with Gasteiger partial charge in [0.2, 0.25) is 11.8 Å². The molecule has 34 heavy (non-hydrogen) atoms. The molecule has 0 bridgehead atoms. The number of ether oxygens (including phenoxy) is 1. The number of nitrogens with one attached hydrogen (secondary N) is 1. The lowest BCUT2D eigenvalue weighted by atomic mass is 10.1. The zero-order chi connectivity index (χ0) is 24.9. The molecule has 3 N–H and O–H groups in total. The fourth-order valence-corrected chi connectivity index (χ4v) is 3.97. The third-order valence-corrected chi connectivity index (χ3v) is 6.09. The molecule has 0 aliphatic carbocycles. The Morgan fingerprint density at radius 3 is 1.97 bits per heavy atom. The maximum absolute atomic E-state index is 12.8. The van der Waals surface area contributed by atoms with Gasteiger partial charge in [-0.05, 0) is 24.0 Å². The molecule has 0 fully saturated rings. The van der Waals surface area contributed by atoms with E-state index in [2.05, 4.69) is 19.2 Å². The van der Waals surface area contributed by atoms with Gasteiger partial charge in [0.25, 0.3) is 0 Å². The molecule has 194 valence electrons. The van der Waals surface area contributed by atoms with E-state index in [1.165, 1.54) is 51.4 Å². The smallest absolute Gasteiger partial charge is 0.248 e. The van der Waals surface area contributed by atoms with Gasteiger partial charge in [0.1, 0.15) is 13.2 Å². The van der Waals surface area contributed by atoms with E-state index in [1.54, 1.807) is 0 Å². The van der Waals surface area contributed by atoms with Crippen LogP contribution in [0.1, 0.15) is 102 Å². The molecule has 1 rings (SSSR count). The van der Waals surface area contributed by atoms with Crippen LogP contribution in [0, 0.1) is 0 Å². The maximum Gasteiger partial charge on any atom is 0.248 e. The first-order chi connectivity index (χ1) is 16.6. The summed E-state index contributed by atoms with van der Waals surface area (Å²) in [5.41, 5.74) is 7.69. The molecule has 0 atom stereocenters. The summed E-state index contributed by atoms with van der Waals surface area (Å²) in [6.45, 7) is 6.76. The van der Waals surface area contributed by atoms with Gasteiger partial charge in [-0.1, -0.05) is 102 Å². The quantitative estimate of drug-likeness (QED) is 0.235. The molecule has 0 spiro atoms. The highest BCUT2D eigenvalue weighted by Crippen LogP contribution is 2.09. The van der Waals surface area contributed by atoms with Crippen LogP contribution in [-0.2, 0) is 27.4 Å². The number of benzene rings is 1. The first-order valence-corrected chi connectivity index (χ1v) is 13.5. The Bertz CT molecular complexity index is 650. The highest BCUT2D eigenvalue weighted by molar-refractivity contribution is 5.79. The monoisotopic (exact) mass is 475 g/mol. The lowest BCUT2D eigenvalue weighted by molar-refractivity contribution is -0.138. The van der Waals surface area contributed by atoms with Crippen LogP contribution in [0.5, 0.6) is 0 Å². The van der Waals surface area contributed by atoms with Crippen LogP contribution in [0.25, 0.3) is 0 Å². The predicted molar refractivity (Wildman–Crippen MR) is 140 cm³/mol. The van der Waals surface area contributed by atoms with E-state index in [9.17, 15) is 9.59 Å². The Hall–Kier alpha value is -1.92. The second-order valence-corrected chi connectivity index (χ2v) is 9.21. The minimum atomic E-state index is -0.218. The van der Waals surface area contributed by atoms with Gasteiger partial charge < -0.3 is 20.7 Å². The van der Waals surface area contributed by atoms with Crippen molar-refractivity contribution in [3.05, 3.63) is 35.4 Å². The van der Waals surface area contributed by atoms with Gasteiger partial charge >= 0.3 is 0 Å². The summed E-state index contributed by atoms with van der Waals surface area (Å²) in [6.07, 6.45) is 14.5. The van der Waals surface area contributed by atoms with Crippen molar-refractivity contribution in [3.63, 3.8) is 0 Å². The van der Waals surface area contributed by atoms with Crippen LogP contribution < -0.4 is 11.1 Å². The Kier molecular flexibility index (Phi) is 18.1. The molecule has 2 amide bonds. The molecule has 0 saturated heterocycles. The molecule has 0 unspecified atom stereocenters. The molecular weight excluding hydrogens is 426 g/mol. The first kappa shape index (κ1) is 30.1. The van der Waals surface area contributed by atoms with E-state index in [0.29, 0.717) is 13.1 Å². The lowest BCUT2D eigenvalue weighted by Crippen LogP contribution is -2.37. The van der Waals surface area contributed by atoms with E-state index >= 15 is 0 Å². The van der Waals surface area contributed by atoms with Crippen molar-refractivity contribution in [1.29, 1.82) is 0 Å². The largest absolute Gasteiger partial charge is 0.362 e. The fourth-order valence-electron chi connectivity index (χ4n) is 3.97. The van der Waals surface area contributed by atoms with Gasteiger partial charge in [-0.15, -0.1) is 0 Å². The van der Waals surface area contributed by atoms with Crippen molar-refractivity contribution in [1.82, 2.24) is 10.2 Å². The highest BCUT2D eigenvalue weighted by atomic mass is 16.5. The zero-order valence-corrected chi connectivity index (χ0v) is 21.8. The van der Waals surface area contributed by atoms with Crippen molar-refractivity contribution in [3.8, 4) is 0 Å². The average Bonchev–Trinajstić information content (AvgIpc) is 2.85. The molecule has 1 aromatic rings. The van der Waals surface area contributed by atoms with Crippen molar-refractivity contribution in [2.24, 2.45) is 5.73 Å². The number of carbonyl (C=O) groups is 2. The summed E-state index contributed by atoms with van der Waals surface area (Å²) in [6, 6.07) is 7.82. The number of amides is 2. The zero-order valence-electron chi connectivity index (χ0n) is 21.8. The minimum absolute atomic E-state index is 0.00874. The fraction of sp³-hybridized carbons (Fsp3) is 0.714. The van der Waals surface area contributed by atoms with Crippen molar-refractivity contribution in [2.45, 2.75) is 104 Å². The molecule has 0 heterocycles. The molecule has 6 heteroatoms. The number of hydrogen-bond donors (Lipinski definition) is 2. The van der Waals surface area contributed by atoms with Crippen LogP contribution in [0.3, 0.4) is 0 Å². The van der Waals surface area contributed by atoms with Crippen molar-refractivity contribution >= 4 is 11.8 Å². The molecule has 0 aliphatic rings. The molecule has 0 saturated carbocycles. The van der Waals surface area contributed by atoms with Gasteiger partial charge in [-0.25, -0.2) is 0 Å². The summed E-state index contributed by atoms with van der Waals surface area (Å²) < 4.78 is 5.47. The third kappa shape index (κ3) is 15.1. The third-order valence-electron chi connectivity index (χ3n) is 6.09. The van der Waals surface area contributed by atoms with Gasteiger partial charge in [0, 0.05) is 26.2 Å². The highest BCUT2D eigenvalue weighted by Gasteiger charge is 2.14. The van der Waals surface area contributed by atoms with Gasteiger partial charge in [0.05, 0.1) is 0 Å². The Labute approximate surface area is 208 Å². The Balaban J connectivity index is 2.34. The van der Waals surface area contributed by atoms with Crippen LogP contribution >= 0.6 is 0 Å². The van der Waals surface area contributed by atoms with E-state index in [-0.39, 0.29) is 25.0 Å². The maximum atomic E-state index is 12.8. The van der Waals surface area contributed by atoms with Crippen LogP contribution in [0.2, 0.25) is 0 Å². The number of nitrogens with two attached hydrogens (primary N) is 1. The standard InChI is InChI=1S/C28H49N3O3/c1-3-5-7-9-11-13-18-31(19-14-12-10-8-6-4-2)28(33)24-34-23-27(32)30-22-26-17-15-16-25(20-26)21-29/h15-17,20H,3-14,18-19,21-24,29H2,1-2H3,(H,30,32). The van der Waals surface area contributed by atoms with Crippen LogP contribution in [0.4, 0.5) is 0 Å². The van der Waals surface area contributed by atoms with E-state index in [0.717, 1.165) is 49.9 Å². The summed E-state index contributed by atoms with van der Waals surface area (Å²) in [4.78, 5) is 26.8. The summed E-state index contributed by atoms with van der Waals surface area (Å²) in [5, 5.41) is 2.84. The lowest BCUT2D eigenvalue weighted by Gasteiger charge is -2.23. The second-order valence-electron chi connectivity index (χ2n) is 9.21. The number of carbonyl (C=O) groups excluding carboxylic acids is 2. The molecule has 6 nitrogen and oxygen atoms in total. The SMILES string of the molecule is CCCCCCCCN(CCCCCCCC)C(=O)COCC(=O)NCc1cccc(CN)c1. The number of nitrogens with zero attached hydrogens (tertiary/aromatic N) is 1. The van der Waals surface area contributed by atoms with Gasteiger partial charge in [-0.2, -0.15) is 0 Å². The molecule has 0 aromatic heterocycles. The molecule has 0 radical (unpaired) electrons. The van der Waals surface area contributed by atoms with Crippen molar-refractivity contribution in [2.75, 3.05) is 26.3 Å². The molecular formula is C28H49N3O3. The van der Waals surface area contributed by atoms with Crippen molar-refractivity contribution < 1.29 is 14.3 Å². The molecule has 0 aliphatic heterocycles. The summed E-state index contributed by atoms with van der Waals surface area (Å²) >= 11 is 0. The van der Waals surface area contributed by atoms with Gasteiger partial charge in [0.15, 0.2) is 0 Å². The molecule has 1 aromatic carbocycles. The first-order valence-electron chi connectivity index (χ1n) is 13.5. The summed E-state index contributed by atoms with van der Waals surface area (Å²) in [5.74, 6) is -0.227. The number of unbranched alkanes of at least 4 members (excludes halogenated alkanes) is 10. The average molecular weight is 476 g/mol. The Morgan fingerprint density at radius 1 is 0.824 bits per heavy atom. The second kappa shape index (κ2) is 20.5. The van der Waals surface area contributed by atoms with Crippen LogP contribution in [-0.4, -0.2) is 43.0 Å². The van der Waals surface area contributed by atoms with Gasteiger partial charge in [-0.3, -0.25) is 9.59 Å². The number of hydrogen-bond acceptors (Lipinski definition) is 4. The van der Waals surface area contributed by atoms with E-state index in [1.807, 2.05) is 29.2 Å². The Morgan fingerprint density at radius 2 is 1.38 bits per heavy atom. The number of rotatable bonds is 21. The van der Waals surface area contributed by atoms with E-state index < -0.39 is 0 Å². The normalized spacial score (nSPS) is 10.9. The summed E-state index contributed by atoms with van der Waals surface area (Å²) in [7, 11) is 0. The van der Waals surface area contributed by atoms with E-state index in [4.69, 9.17) is 10.5 Å². The van der Waals surface area contributed by atoms with Crippen LogP contribution in [0.15, 0.2) is 24.3 Å². The minimum Gasteiger partial charge on any atom is -0.362 e. The topological polar surface area (TPSA) is 84.7 Å². The predicted octanol–water partition coefficient (Wildman–Crippen LogP) is 5.33.